The second-order valence-corrected chi connectivity index (χ2v) is 9.25. The second-order valence-electron chi connectivity index (χ2n) is 9.25. The minimum absolute atomic E-state index is 0.0247. The Hall–Kier alpha value is -4.60. The highest BCUT2D eigenvalue weighted by Crippen LogP contribution is 2.32. The van der Waals surface area contributed by atoms with Gasteiger partial charge in [-0.25, -0.2) is 4.98 Å². The van der Waals surface area contributed by atoms with Crippen LogP contribution in [-0.2, 0) is 10.7 Å². The summed E-state index contributed by atoms with van der Waals surface area (Å²) >= 11 is 0. The topological polar surface area (TPSA) is 110 Å². The molecule has 1 aliphatic rings. The van der Waals surface area contributed by atoms with Crippen LogP contribution in [0.25, 0.3) is 22.4 Å². The Labute approximate surface area is 217 Å². The molecule has 192 valence electrons. The fourth-order valence-electron chi connectivity index (χ4n) is 3.90. The second kappa shape index (κ2) is 10.0. The van der Waals surface area contributed by atoms with Gasteiger partial charge in [0.05, 0.1) is 17.6 Å². The lowest BCUT2D eigenvalue weighted by Crippen LogP contribution is -2.16. The maximum Gasteiger partial charge on any atom is 0.286 e. The molecule has 0 saturated heterocycles. The summed E-state index contributed by atoms with van der Waals surface area (Å²) in [5.74, 6) is -3.20. The lowest BCUT2D eigenvalue weighted by Gasteiger charge is -2.13. The van der Waals surface area contributed by atoms with Gasteiger partial charge in [-0.1, -0.05) is 0 Å². The van der Waals surface area contributed by atoms with Gasteiger partial charge in [0.1, 0.15) is 11.5 Å². The summed E-state index contributed by atoms with van der Waals surface area (Å²) in [4.78, 5) is 41.7. The van der Waals surface area contributed by atoms with Gasteiger partial charge in [-0.15, -0.1) is 0 Å². The molecule has 8 nitrogen and oxygen atoms in total. The summed E-state index contributed by atoms with van der Waals surface area (Å²) in [5.41, 5.74) is 3.74. The van der Waals surface area contributed by atoms with Gasteiger partial charge in [0.2, 0.25) is 5.91 Å². The number of rotatable bonds is 7. The van der Waals surface area contributed by atoms with E-state index < -0.39 is 17.5 Å². The number of hydrogen-bond donors (Lipinski definition) is 2. The molecule has 4 aromatic heterocycles. The van der Waals surface area contributed by atoms with Gasteiger partial charge in [-0.05, 0) is 67.8 Å². The molecule has 0 aromatic carbocycles. The van der Waals surface area contributed by atoms with Crippen molar-refractivity contribution < 1.29 is 18.4 Å². The first-order valence-corrected chi connectivity index (χ1v) is 12.0. The van der Waals surface area contributed by atoms with E-state index in [1.54, 1.807) is 24.5 Å². The minimum atomic E-state index is -3.16. The highest BCUT2D eigenvalue weighted by Gasteiger charge is 2.30. The molecule has 1 aliphatic carbocycles. The Bertz CT molecular complexity index is 1530. The zero-order chi connectivity index (χ0) is 26.9. The molecular formula is C28H24F2N6O2. The first-order valence-electron chi connectivity index (χ1n) is 12.0. The van der Waals surface area contributed by atoms with E-state index in [1.807, 2.05) is 25.1 Å². The highest BCUT2D eigenvalue weighted by atomic mass is 19.3. The quantitative estimate of drug-likeness (QED) is 0.331. The Morgan fingerprint density at radius 1 is 0.895 bits per heavy atom. The number of hydrogen-bond acceptors (Lipinski definition) is 6. The van der Waals surface area contributed by atoms with Gasteiger partial charge in [-0.3, -0.25) is 24.5 Å². The zero-order valence-corrected chi connectivity index (χ0v) is 20.7. The number of amides is 2. The van der Waals surface area contributed by atoms with E-state index in [-0.39, 0.29) is 17.4 Å². The van der Waals surface area contributed by atoms with Gasteiger partial charge in [-0.2, -0.15) is 8.78 Å². The minimum Gasteiger partial charge on any atom is -0.321 e. The summed E-state index contributed by atoms with van der Waals surface area (Å²) < 4.78 is 27.3. The van der Waals surface area contributed by atoms with Crippen LogP contribution >= 0.6 is 0 Å². The zero-order valence-electron chi connectivity index (χ0n) is 20.7. The molecule has 5 rings (SSSR count). The SMILES string of the molecule is Cc1ncc(NC(=O)c2ccnc(C(C)(F)F)c2)cc1-c1ccnc(-c2ccnc(NC(=O)C3CC3)c2)c1. The number of carbonyl (C=O) groups is 2. The Morgan fingerprint density at radius 3 is 2.39 bits per heavy atom. The molecule has 2 N–H and O–H groups in total. The molecule has 1 fully saturated rings. The molecular weight excluding hydrogens is 490 g/mol. The molecule has 1 saturated carbocycles. The van der Waals surface area contributed by atoms with E-state index in [0.29, 0.717) is 17.2 Å². The Balaban J connectivity index is 1.38. The fourth-order valence-corrected chi connectivity index (χ4v) is 3.90. The van der Waals surface area contributed by atoms with Crippen LogP contribution in [0, 0.1) is 12.8 Å². The molecule has 10 heteroatoms. The predicted molar refractivity (Wildman–Crippen MR) is 139 cm³/mol. The average Bonchev–Trinajstić information content (AvgIpc) is 3.75. The molecule has 0 unspecified atom stereocenters. The van der Waals surface area contributed by atoms with E-state index in [0.717, 1.165) is 48.2 Å². The van der Waals surface area contributed by atoms with Gasteiger partial charge in [0, 0.05) is 53.8 Å². The maximum atomic E-state index is 13.6. The summed E-state index contributed by atoms with van der Waals surface area (Å²) in [6, 6.07) is 11.5. The van der Waals surface area contributed by atoms with Crippen molar-refractivity contribution in [3.8, 4) is 22.4 Å². The van der Waals surface area contributed by atoms with Crippen molar-refractivity contribution in [2.45, 2.75) is 32.6 Å². The van der Waals surface area contributed by atoms with E-state index in [9.17, 15) is 18.4 Å². The van der Waals surface area contributed by atoms with Crippen LogP contribution in [0.4, 0.5) is 20.3 Å². The van der Waals surface area contributed by atoms with Gasteiger partial charge < -0.3 is 10.6 Å². The molecule has 0 spiro atoms. The largest absolute Gasteiger partial charge is 0.321 e. The van der Waals surface area contributed by atoms with Crippen molar-refractivity contribution in [2.24, 2.45) is 5.92 Å². The third kappa shape index (κ3) is 5.69. The molecule has 2 amide bonds. The number of pyridine rings is 4. The van der Waals surface area contributed by atoms with Crippen LogP contribution in [0.5, 0.6) is 0 Å². The van der Waals surface area contributed by atoms with Crippen molar-refractivity contribution in [1.82, 2.24) is 19.9 Å². The first kappa shape index (κ1) is 25.1. The summed E-state index contributed by atoms with van der Waals surface area (Å²) in [6.07, 6.45) is 7.78. The predicted octanol–water partition coefficient (Wildman–Crippen LogP) is 5.62. The van der Waals surface area contributed by atoms with Crippen LogP contribution in [0.2, 0.25) is 0 Å². The third-order valence-corrected chi connectivity index (χ3v) is 6.14. The van der Waals surface area contributed by atoms with E-state index in [4.69, 9.17) is 0 Å². The monoisotopic (exact) mass is 514 g/mol. The number of anilines is 2. The van der Waals surface area contributed by atoms with Crippen molar-refractivity contribution in [1.29, 1.82) is 0 Å². The van der Waals surface area contributed by atoms with Gasteiger partial charge in [0.25, 0.3) is 11.8 Å². The summed E-state index contributed by atoms with van der Waals surface area (Å²) in [7, 11) is 0. The van der Waals surface area contributed by atoms with Crippen molar-refractivity contribution in [3.05, 3.63) is 84.2 Å². The average molecular weight is 515 g/mol. The van der Waals surface area contributed by atoms with Gasteiger partial charge >= 0.3 is 0 Å². The smallest absolute Gasteiger partial charge is 0.286 e. The summed E-state index contributed by atoms with van der Waals surface area (Å²) in [6.45, 7) is 2.57. The van der Waals surface area contributed by atoms with Crippen molar-refractivity contribution in [3.63, 3.8) is 0 Å². The lowest BCUT2D eigenvalue weighted by molar-refractivity contribution is -0.117. The van der Waals surface area contributed by atoms with Crippen molar-refractivity contribution in [2.75, 3.05) is 10.6 Å². The molecule has 4 heterocycles. The van der Waals surface area contributed by atoms with Crippen LogP contribution in [-0.4, -0.2) is 31.8 Å². The normalized spacial score (nSPS) is 13.2. The third-order valence-electron chi connectivity index (χ3n) is 6.14. The molecule has 4 aromatic rings. The molecule has 0 bridgehead atoms. The van der Waals surface area contributed by atoms with Crippen LogP contribution < -0.4 is 10.6 Å². The summed E-state index contributed by atoms with van der Waals surface area (Å²) in [5, 5.41) is 5.57. The number of nitrogens with one attached hydrogen (secondary N) is 2. The number of nitrogens with zero attached hydrogens (tertiary/aromatic N) is 4. The molecule has 0 radical (unpaired) electrons. The van der Waals surface area contributed by atoms with E-state index in [2.05, 4.69) is 30.6 Å². The van der Waals surface area contributed by atoms with E-state index in [1.165, 1.54) is 18.5 Å². The maximum absolute atomic E-state index is 13.6. The standard InChI is InChI=1S/C28H24F2N6O2/c1-16-22(14-21(15-34-16)35-27(38)20-7-9-32-24(12-20)28(2,29)30)18-5-8-31-23(11-18)19-6-10-33-25(13-19)36-26(37)17-3-4-17/h5-15,17H,3-4H2,1-2H3,(H,35,38)(H,33,36,37). The van der Waals surface area contributed by atoms with Crippen LogP contribution in [0.15, 0.2) is 67.3 Å². The van der Waals surface area contributed by atoms with Crippen LogP contribution in [0.3, 0.4) is 0 Å². The lowest BCUT2D eigenvalue weighted by atomic mass is 10.0. The Morgan fingerprint density at radius 2 is 1.63 bits per heavy atom. The van der Waals surface area contributed by atoms with Crippen LogP contribution in [0.1, 0.15) is 41.5 Å². The van der Waals surface area contributed by atoms with Gasteiger partial charge in [0.15, 0.2) is 0 Å². The number of carbonyl (C=O) groups excluding carboxylic acids is 2. The number of halogens is 2. The number of alkyl halides is 2. The molecule has 0 aliphatic heterocycles. The van der Waals surface area contributed by atoms with E-state index >= 15 is 0 Å². The molecule has 0 atom stereocenters. The number of aryl methyl sites for hydroxylation is 1. The highest BCUT2D eigenvalue weighted by molar-refractivity contribution is 6.04. The number of aromatic nitrogens is 4. The Kier molecular flexibility index (Phi) is 6.62. The first-order chi connectivity index (χ1) is 18.2. The fraction of sp³-hybridized carbons (Fsp3) is 0.214. The molecule has 38 heavy (non-hydrogen) atoms. The van der Waals surface area contributed by atoms with Crippen molar-refractivity contribution >= 4 is 23.3 Å².